The maximum absolute atomic E-state index is 6.30. The van der Waals surface area contributed by atoms with E-state index in [-0.39, 0.29) is 5.41 Å². The molecule has 0 amide bonds. The second-order valence-electron chi connectivity index (χ2n) is 4.95. The highest BCUT2D eigenvalue weighted by Crippen LogP contribution is 2.36. The molecule has 0 aromatic heterocycles. The summed E-state index contributed by atoms with van der Waals surface area (Å²) in [5, 5.41) is 1.11. The number of halogens is 5. The van der Waals surface area contributed by atoms with Gasteiger partial charge in [-0.3, -0.25) is 0 Å². The van der Waals surface area contributed by atoms with Gasteiger partial charge in [-0.05, 0) is 35.7 Å². The van der Waals surface area contributed by atoms with Crippen molar-refractivity contribution in [3.63, 3.8) is 0 Å². The predicted molar refractivity (Wildman–Crippen MR) is 97.4 cm³/mol. The van der Waals surface area contributed by atoms with Gasteiger partial charge in [0.05, 0.1) is 10.0 Å². The van der Waals surface area contributed by atoms with Gasteiger partial charge in [0.1, 0.15) is 0 Å². The van der Waals surface area contributed by atoms with Gasteiger partial charge in [0.25, 0.3) is 0 Å². The molecule has 0 aliphatic heterocycles. The summed E-state index contributed by atoms with van der Waals surface area (Å²) in [5.41, 5.74) is 1.64. The lowest BCUT2D eigenvalue weighted by Gasteiger charge is -2.31. The van der Waals surface area contributed by atoms with E-state index in [2.05, 4.69) is 15.9 Å². The molecule has 0 heterocycles. The number of hydrogen-bond acceptors (Lipinski definition) is 0. The highest BCUT2D eigenvalue weighted by molar-refractivity contribution is 9.10. The van der Waals surface area contributed by atoms with E-state index < -0.39 is 0 Å². The molecule has 0 saturated heterocycles. The van der Waals surface area contributed by atoms with Gasteiger partial charge < -0.3 is 0 Å². The zero-order chi connectivity index (χ0) is 15.5. The van der Waals surface area contributed by atoms with Gasteiger partial charge in [-0.15, -0.1) is 23.2 Å². The first-order valence-electron chi connectivity index (χ1n) is 6.33. The minimum absolute atomic E-state index is 0.388. The third kappa shape index (κ3) is 3.89. The first-order valence-corrected chi connectivity index (χ1v) is 8.95. The van der Waals surface area contributed by atoms with Crippen LogP contribution in [0.3, 0.4) is 0 Å². The summed E-state index contributed by atoms with van der Waals surface area (Å²) < 4.78 is 0.997. The maximum atomic E-state index is 6.30. The molecule has 21 heavy (non-hydrogen) atoms. The Balaban J connectivity index is 2.45. The van der Waals surface area contributed by atoms with Gasteiger partial charge in [-0.1, -0.05) is 63.4 Å². The van der Waals surface area contributed by atoms with Crippen molar-refractivity contribution in [1.29, 1.82) is 0 Å². The lowest BCUT2D eigenvalue weighted by Crippen LogP contribution is -2.33. The summed E-state index contributed by atoms with van der Waals surface area (Å²) >= 11 is 28.4. The van der Waals surface area contributed by atoms with E-state index in [1.165, 1.54) is 0 Å². The number of alkyl halides is 2. The Morgan fingerprint density at radius 2 is 1.62 bits per heavy atom. The number of benzene rings is 2. The summed E-state index contributed by atoms with van der Waals surface area (Å²) in [6, 6.07) is 13.7. The molecule has 0 saturated carbocycles. The second-order valence-corrected chi connectivity index (χ2v) is 7.18. The third-order valence-corrected chi connectivity index (χ3v) is 5.88. The standard InChI is InChI=1S/C16H13BrCl4/c17-13-5-2-4-12(7-13)16(9-18,10-19)8-11-3-1-6-14(20)15(11)21/h1-7H,8-10H2. The van der Waals surface area contributed by atoms with Crippen LogP contribution in [0, 0.1) is 0 Å². The molecule has 0 bridgehead atoms. The van der Waals surface area contributed by atoms with Crippen molar-refractivity contribution < 1.29 is 0 Å². The highest BCUT2D eigenvalue weighted by atomic mass is 79.9. The fourth-order valence-corrected chi connectivity index (χ4v) is 3.82. The van der Waals surface area contributed by atoms with Crippen LogP contribution in [0.1, 0.15) is 11.1 Å². The molecule has 0 spiro atoms. The molecular weight excluding hydrogens is 414 g/mol. The SMILES string of the molecule is ClCC(CCl)(Cc1cccc(Cl)c1Cl)c1cccc(Br)c1. The van der Waals surface area contributed by atoms with Crippen LogP contribution < -0.4 is 0 Å². The van der Waals surface area contributed by atoms with E-state index >= 15 is 0 Å². The van der Waals surface area contributed by atoms with Crippen LogP contribution in [0.4, 0.5) is 0 Å². The molecule has 0 N–H and O–H groups in total. The minimum Gasteiger partial charge on any atom is -0.126 e. The van der Waals surface area contributed by atoms with Crippen LogP contribution in [0.2, 0.25) is 10.0 Å². The van der Waals surface area contributed by atoms with Crippen LogP contribution in [0.15, 0.2) is 46.9 Å². The monoisotopic (exact) mass is 424 g/mol. The van der Waals surface area contributed by atoms with Crippen molar-refractivity contribution in [2.24, 2.45) is 0 Å². The van der Waals surface area contributed by atoms with E-state index in [4.69, 9.17) is 46.4 Å². The Labute approximate surface area is 153 Å². The van der Waals surface area contributed by atoms with Crippen molar-refractivity contribution in [1.82, 2.24) is 0 Å². The molecule has 0 aliphatic carbocycles. The van der Waals surface area contributed by atoms with E-state index in [0.29, 0.717) is 28.2 Å². The largest absolute Gasteiger partial charge is 0.126 e. The molecule has 2 aromatic carbocycles. The maximum Gasteiger partial charge on any atom is 0.0624 e. The summed E-state index contributed by atoms with van der Waals surface area (Å²) in [5.74, 6) is 0.797. The summed E-state index contributed by atoms with van der Waals surface area (Å²) in [4.78, 5) is 0. The fraction of sp³-hybridized carbons (Fsp3) is 0.250. The van der Waals surface area contributed by atoms with E-state index in [1.54, 1.807) is 6.07 Å². The average molecular weight is 427 g/mol. The molecule has 0 atom stereocenters. The molecular formula is C16H13BrCl4. The van der Waals surface area contributed by atoms with E-state index in [9.17, 15) is 0 Å². The minimum atomic E-state index is -0.388. The second kappa shape index (κ2) is 7.57. The molecule has 0 radical (unpaired) electrons. The molecule has 5 heteroatoms. The van der Waals surface area contributed by atoms with Gasteiger partial charge in [-0.2, -0.15) is 0 Å². The molecule has 0 fully saturated rings. The third-order valence-electron chi connectivity index (χ3n) is 3.51. The van der Waals surface area contributed by atoms with Crippen molar-refractivity contribution in [3.8, 4) is 0 Å². The van der Waals surface area contributed by atoms with Crippen LogP contribution >= 0.6 is 62.3 Å². The first kappa shape index (κ1) is 17.4. The van der Waals surface area contributed by atoms with Crippen LogP contribution in [-0.4, -0.2) is 11.8 Å². The lowest BCUT2D eigenvalue weighted by atomic mass is 9.79. The number of hydrogen-bond donors (Lipinski definition) is 0. The smallest absolute Gasteiger partial charge is 0.0624 e. The van der Waals surface area contributed by atoms with Crippen molar-refractivity contribution >= 4 is 62.3 Å². The lowest BCUT2D eigenvalue weighted by molar-refractivity contribution is 0.536. The van der Waals surface area contributed by atoms with Crippen LogP contribution in [0.5, 0.6) is 0 Å². The van der Waals surface area contributed by atoms with Crippen LogP contribution in [0.25, 0.3) is 0 Å². The summed E-state index contributed by atoms with van der Waals surface area (Å²) in [7, 11) is 0. The normalized spacial score (nSPS) is 11.7. The van der Waals surface area contributed by atoms with Gasteiger partial charge >= 0.3 is 0 Å². The Morgan fingerprint density at radius 1 is 0.952 bits per heavy atom. The van der Waals surface area contributed by atoms with E-state index in [1.807, 2.05) is 36.4 Å². The first-order chi connectivity index (χ1) is 10.0. The average Bonchev–Trinajstić information content (AvgIpc) is 2.49. The Kier molecular flexibility index (Phi) is 6.28. The fourth-order valence-electron chi connectivity index (χ4n) is 2.25. The Morgan fingerprint density at radius 3 is 2.24 bits per heavy atom. The van der Waals surface area contributed by atoms with Gasteiger partial charge in [-0.25, -0.2) is 0 Å². The Hall–Kier alpha value is 0.0800. The van der Waals surface area contributed by atoms with E-state index in [0.717, 1.165) is 15.6 Å². The van der Waals surface area contributed by atoms with Crippen molar-refractivity contribution in [2.45, 2.75) is 11.8 Å². The predicted octanol–water partition coefficient (Wildman–Crippen LogP) is 6.71. The van der Waals surface area contributed by atoms with Crippen LogP contribution in [-0.2, 0) is 11.8 Å². The number of rotatable bonds is 5. The molecule has 112 valence electrons. The highest BCUT2D eigenvalue weighted by Gasteiger charge is 2.32. The molecule has 0 nitrogen and oxygen atoms in total. The zero-order valence-electron chi connectivity index (χ0n) is 11.1. The topological polar surface area (TPSA) is 0 Å². The molecule has 0 aliphatic rings. The Bertz CT molecular complexity index is 623. The van der Waals surface area contributed by atoms with Crippen molar-refractivity contribution in [2.75, 3.05) is 11.8 Å². The summed E-state index contributed by atoms with van der Waals surface area (Å²) in [6.45, 7) is 0. The zero-order valence-corrected chi connectivity index (χ0v) is 15.7. The summed E-state index contributed by atoms with van der Waals surface area (Å²) in [6.07, 6.45) is 0.635. The van der Waals surface area contributed by atoms with Gasteiger partial charge in [0, 0.05) is 21.6 Å². The molecule has 2 rings (SSSR count). The van der Waals surface area contributed by atoms with Gasteiger partial charge in [0.2, 0.25) is 0 Å². The quantitative estimate of drug-likeness (QED) is 0.466. The molecule has 2 aromatic rings. The molecule has 0 unspecified atom stereocenters. The van der Waals surface area contributed by atoms with Crippen molar-refractivity contribution in [3.05, 3.63) is 68.1 Å². The van der Waals surface area contributed by atoms with Gasteiger partial charge in [0.15, 0.2) is 0 Å².